The zero-order valence-corrected chi connectivity index (χ0v) is 17.1. The Morgan fingerprint density at radius 3 is 2.59 bits per heavy atom. The number of rotatable bonds is 4. The van der Waals surface area contributed by atoms with E-state index in [1.54, 1.807) is 11.8 Å². The SMILES string of the molecule is C[C@@H](Oc1ccccc1)C(=O)N1CCC(c2cc3n(n2)CCCN(C)C3=O)CC1. The van der Waals surface area contributed by atoms with Crippen LogP contribution in [0.3, 0.4) is 0 Å². The molecule has 0 N–H and O–H groups in total. The van der Waals surface area contributed by atoms with Crippen molar-refractivity contribution in [3.63, 3.8) is 0 Å². The normalized spacial score (nSPS) is 18.9. The van der Waals surface area contributed by atoms with Gasteiger partial charge in [0.1, 0.15) is 11.4 Å². The molecule has 1 aromatic carbocycles. The highest BCUT2D eigenvalue weighted by molar-refractivity contribution is 5.92. The van der Waals surface area contributed by atoms with E-state index < -0.39 is 6.10 Å². The molecule has 3 heterocycles. The second kappa shape index (κ2) is 8.27. The summed E-state index contributed by atoms with van der Waals surface area (Å²) in [6.45, 7) is 4.71. The summed E-state index contributed by atoms with van der Waals surface area (Å²) in [5.41, 5.74) is 1.66. The van der Waals surface area contributed by atoms with Gasteiger partial charge in [0.25, 0.3) is 11.8 Å². The highest BCUT2D eigenvalue weighted by Crippen LogP contribution is 2.29. The van der Waals surface area contributed by atoms with E-state index in [4.69, 9.17) is 9.84 Å². The molecule has 1 saturated heterocycles. The predicted octanol–water partition coefficient (Wildman–Crippen LogP) is 2.53. The molecule has 0 radical (unpaired) electrons. The van der Waals surface area contributed by atoms with Crippen LogP contribution < -0.4 is 4.74 Å². The molecule has 29 heavy (non-hydrogen) atoms. The lowest BCUT2D eigenvalue weighted by Gasteiger charge is -2.33. The minimum Gasteiger partial charge on any atom is -0.481 e. The summed E-state index contributed by atoms with van der Waals surface area (Å²) in [4.78, 5) is 28.9. The van der Waals surface area contributed by atoms with Crippen LogP contribution in [0.1, 0.15) is 48.3 Å². The summed E-state index contributed by atoms with van der Waals surface area (Å²) in [5.74, 6) is 1.05. The van der Waals surface area contributed by atoms with Crippen molar-refractivity contribution in [3.05, 3.63) is 47.8 Å². The lowest BCUT2D eigenvalue weighted by Crippen LogP contribution is -2.44. The first-order valence-electron chi connectivity index (χ1n) is 10.4. The van der Waals surface area contributed by atoms with Crippen LogP contribution in [0.15, 0.2) is 36.4 Å². The smallest absolute Gasteiger partial charge is 0.271 e. The number of nitrogens with zero attached hydrogens (tertiary/aromatic N) is 4. The average molecular weight is 396 g/mol. The maximum absolute atomic E-state index is 12.8. The van der Waals surface area contributed by atoms with E-state index in [1.165, 1.54) is 0 Å². The quantitative estimate of drug-likeness (QED) is 0.797. The van der Waals surface area contributed by atoms with Crippen molar-refractivity contribution in [1.29, 1.82) is 0 Å². The van der Waals surface area contributed by atoms with Gasteiger partial charge in [0.2, 0.25) is 0 Å². The van der Waals surface area contributed by atoms with Crippen LogP contribution in [-0.2, 0) is 11.3 Å². The zero-order valence-electron chi connectivity index (χ0n) is 17.1. The average Bonchev–Trinajstić information content (AvgIpc) is 3.12. The van der Waals surface area contributed by atoms with Gasteiger partial charge in [0.05, 0.1) is 5.69 Å². The van der Waals surface area contributed by atoms with Gasteiger partial charge in [0.15, 0.2) is 6.10 Å². The Hall–Kier alpha value is -2.83. The van der Waals surface area contributed by atoms with E-state index in [-0.39, 0.29) is 17.7 Å². The van der Waals surface area contributed by atoms with Crippen LogP contribution in [0.4, 0.5) is 0 Å². The van der Waals surface area contributed by atoms with Crippen LogP contribution in [0.2, 0.25) is 0 Å². The molecule has 7 heteroatoms. The number of hydrogen-bond donors (Lipinski definition) is 0. The van der Waals surface area contributed by atoms with E-state index in [0.717, 1.165) is 38.0 Å². The van der Waals surface area contributed by atoms with Gasteiger partial charge in [-0.25, -0.2) is 0 Å². The molecule has 1 atom stereocenters. The second-order valence-electron chi connectivity index (χ2n) is 7.93. The molecule has 1 fully saturated rings. The lowest BCUT2D eigenvalue weighted by atomic mass is 9.93. The number of para-hydroxylation sites is 1. The van der Waals surface area contributed by atoms with Crippen molar-refractivity contribution in [2.24, 2.45) is 0 Å². The fraction of sp³-hybridized carbons (Fsp3) is 0.500. The van der Waals surface area contributed by atoms with Gasteiger partial charge < -0.3 is 14.5 Å². The van der Waals surface area contributed by atoms with Crippen molar-refractivity contribution < 1.29 is 14.3 Å². The molecule has 0 spiro atoms. The van der Waals surface area contributed by atoms with Crippen LogP contribution in [0.5, 0.6) is 5.75 Å². The first kappa shape index (κ1) is 19.5. The van der Waals surface area contributed by atoms with Crippen molar-refractivity contribution in [2.75, 3.05) is 26.7 Å². The topological polar surface area (TPSA) is 67.7 Å². The second-order valence-corrected chi connectivity index (χ2v) is 7.93. The Balaban J connectivity index is 1.36. The minimum absolute atomic E-state index is 0.0183. The predicted molar refractivity (Wildman–Crippen MR) is 109 cm³/mol. The number of piperidine rings is 1. The van der Waals surface area contributed by atoms with Gasteiger partial charge >= 0.3 is 0 Å². The highest BCUT2D eigenvalue weighted by Gasteiger charge is 2.30. The van der Waals surface area contributed by atoms with Crippen molar-refractivity contribution in [1.82, 2.24) is 19.6 Å². The Labute approximate surface area is 171 Å². The van der Waals surface area contributed by atoms with Gasteiger partial charge in [0, 0.05) is 39.1 Å². The summed E-state index contributed by atoms with van der Waals surface area (Å²) in [6.07, 6.45) is 2.11. The van der Waals surface area contributed by atoms with E-state index >= 15 is 0 Å². The number of carbonyl (C=O) groups excluding carboxylic acids is 2. The number of aryl methyl sites for hydroxylation is 1. The maximum atomic E-state index is 12.8. The molecule has 0 bridgehead atoms. The maximum Gasteiger partial charge on any atom is 0.271 e. The number of fused-ring (bicyclic) bond motifs is 1. The number of aromatic nitrogens is 2. The van der Waals surface area contributed by atoms with Gasteiger partial charge in [-0.05, 0) is 44.4 Å². The molecular formula is C22H28N4O3. The molecule has 154 valence electrons. The first-order valence-corrected chi connectivity index (χ1v) is 10.4. The Bertz CT molecular complexity index is 871. The van der Waals surface area contributed by atoms with E-state index in [0.29, 0.717) is 24.5 Å². The van der Waals surface area contributed by atoms with Gasteiger partial charge in [-0.2, -0.15) is 5.10 Å². The Kier molecular flexibility index (Phi) is 5.56. The number of likely N-dealkylation sites (tertiary alicyclic amines) is 1. The monoisotopic (exact) mass is 396 g/mol. The molecular weight excluding hydrogens is 368 g/mol. The third-order valence-electron chi connectivity index (χ3n) is 5.86. The molecule has 2 aliphatic heterocycles. The van der Waals surface area contributed by atoms with Crippen LogP contribution in [0.25, 0.3) is 0 Å². The summed E-state index contributed by atoms with van der Waals surface area (Å²) in [5, 5.41) is 4.72. The summed E-state index contributed by atoms with van der Waals surface area (Å²) in [6, 6.07) is 11.4. The van der Waals surface area contributed by atoms with Gasteiger partial charge in [-0.1, -0.05) is 18.2 Å². The molecule has 7 nitrogen and oxygen atoms in total. The first-order chi connectivity index (χ1) is 14.0. The molecule has 2 aromatic rings. The lowest BCUT2D eigenvalue weighted by molar-refractivity contribution is -0.139. The Morgan fingerprint density at radius 1 is 1.14 bits per heavy atom. The summed E-state index contributed by atoms with van der Waals surface area (Å²) in [7, 11) is 1.84. The molecule has 0 unspecified atom stereocenters. The zero-order chi connectivity index (χ0) is 20.4. The number of benzene rings is 1. The summed E-state index contributed by atoms with van der Waals surface area (Å²) >= 11 is 0. The van der Waals surface area contributed by atoms with Crippen molar-refractivity contribution in [3.8, 4) is 5.75 Å². The molecule has 2 aliphatic rings. The van der Waals surface area contributed by atoms with Gasteiger partial charge in [-0.15, -0.1) is 0 Å². The fourth-order valence-corrected chi connectivity index (χ4v) is 4.14. The van der Waals surface area contributed by atoms with E-state index in [9.17, 15) is 9.59 Å². The van der Waals surface area contributed by atoms with Crippen LogP contribution in [-0.4, -0.2) is 64.2 Å². The molecule has 0 saturated carbocycles. The molecule has 1 aromatic heterocycles. The third kappa shape index (κ3) is 4.13. The number of ether oxygens (including phenoxy) is 1. The number of hydrogen-bond acceptors (Lipinski definition) is 4. The van der Waals surface area contributed by atoms with Gasteiger partial charge in [-0.3, -0.25) is 14.3 Å². The number of carbonyl (C=O) groups is 2. The molecule has 4 rings (SSSR count). The minimum atomic E-state index is -0.509. The standard InChI is InChI=1S/C22H28N4O3/c1-16(29-18-7-4-3-5-8-18)21(27)25-13-9-17(10-14-25)19-15-20-22(28)24(2)11-6-12-26(20)23-19/h3-5,7-8,15-17H,6,9-14H2,1-2H3/t16-/m1/s1. The largest absolute Gasteiger partial charge is 0.481 e. The number of amides is 2. The third-order valence-corrected chi connectivity index (χ3v) is 5.86. The highest BCUT2D eigenvalue weighted by atomic mass is 16.5. The fourth-order valence-electron chi connectivity index (χ4n) is 4.14. The van der Waals surface area contributed by atoms with Crippen molar-refractivity contribution in [2.45, 2.75) is 44.8 Å². The van der Waals surface area contributed by atoms with E-state index in [2.05, 4.69) is 0 Å². The van der Waals surface area contributed by atoms with E-state index in [1.807, 2.05) is 53.0 Å². The molecule has 2 amide bonds. The van der Waals surface area contributed by atoms with Crippen molar-refractivity contribution >= 4 is 11.8 Å². The molecule has 0 aliphatic carbocycles. The summed E-state index contributed by atoms with van der Waals surface area (Å²) < 4.78 is 7.64. The van der Waals surface area contributed by atoms with Crippen LogP contribution >= 0.6 is 0 Å². The van der Waals surface area contributed by atoms with Crippen LogP contribution in [0, 0.1) is 0 Å². The Morgan fingerprint density at radius 2 is 1.86 bits per heavy atom.